The van der Waals surface area contributed by atoms with Crippen molar-refractivity contribution in [2.24, 2.45) is 5.92 Å². The topological polar surface area (TPSA) is 15.3 Å². The average Bonchev–Trinajstić information content (AvgIpc) is 3.09. The highest BCUT2D eigenvalue weighted by Gasteiger charge is 2.33. The van der Waals surface area contributed by atoms with Crippen LogP contribution in [-0.4, -0.2) is 48.6 Å². The van der Waals surface area contributed by atoms with Gasteiger partial charge in [-0.2, -0.15) is 11.8 Å². The molecular weight excluding hydrogens is 216 g/mol. The van der Waals surface area contributed by atoms with Crippen LogP contribution in [0.25, 0.3) is 0 Å². The summed E-state index contributed by atoms with van der Waals surface area (Å²) in [6, 6.07) is 1.56. The Bertz CT molecular complexity index is 206. The lowest BCUT2D eigenvalue weighted by molar-refractivity contribution is 0.196. The van der Waals surface area contributed by atoms with Crippen molar-refractivity contribution in [3.63, 3.8) is 0 Å². The van der Waals surface area contributed by atoms with Gasteiger partial charge in [-0.05, 0) is 63.6 Å². The first kappa shape index (κ1) is 12.7. The van der Waals surface area contributed by atoms with Gasteiger partial charge in [0.2, 0.25) is 0 Å². The van der Waals surface area contributed by atoms with Gasteiger partial charge in [-0.3, -0.25) is 4.90 Å². The molecule has 2 fully saturated rings. The van der Waals surface area contributed by atoms with Crippen LogP contribution in [0.1, 0.15) is 32.6 Å². The van der Waals surface area contributed by atoms with E-state index < -0.39 is 0 Å². The molecule has 1 heterocycles. The van der Waals surface area contributed by atoms with E-state index in [2.05, 4.69) is 23.4 Å². The van der Waals surface area contributed by atoms with Gasteiger partial charge in [0, 0.05) is 18.6 Å². The fourth-order valence-corrected chi connectivity index (χ4v) is 3.24. The smallest absolute Gasteiger partial charge is 0.0223 e. The predicted molar refractivity (Wildman–Crippen MR) is 73.2 cm³/mol. The molecule has 2 atom stereocenters. The van der Waals surface area contributed by atoms with Gasteiger partial charge in [0.25, 0.3) is 0 Å². The van der Waals surface area contributed by atoms with E-state index in [0.29, 0.717) is 0 Å². The molecule has 16 heavy (non-hydrogen) atoms. The summed E-state index contributed by atoms with van der Waals surface area (Å²) in [5.41, 5.74) is 0. The van der Waals surface area contributed by atoms with Gasteiger partial charge < -0.3 is 5.32 Å². The first-order chi connectivity index (χ1) is 7.81. The molecule has 1 saturated carbocycles. The Morgan fingerprint density at radius 2 is 2.25 bits per heavy atom. The maximum Gasteiger partial charge on any atom is 0.0223 e. The van der Waals surface area contributed by atoms with Crippen molar-refractivity contribution in [2.45, 2.75) is 44.7 Å². The molecule has 0 spiro atoms. The Morgan fingerprint density at radius 3 is 2.94 bits per heavy atom. The van der Waals surface area contributed by atoms with Crippen LogP contribution in [0.15, 0.2) is 0 Å². The molecule has 1 aliphatic carbocycles. The highest BCUT2D eigenvalue weighted by molar-refractivity contribution is 7.98. The number of nitrogens with one attached hydrogen (secondary N) is 1. The minimum Gasteiger partial charge on any atom is -0.312 e. The second kappa shape index (κ2) is 6.27. The molecule has 0 amide bonds. The lowest BCUT2D eigenvalue weighted by Crippen LogP contribution is -2.43. The summed E-state index contributed by atoms with van der Waals surface area (Å²) < 4.78 is 0. The third kappa shape index (κ3) is 3.64. The van der Waals surface area contributed by atoms with E-state index in [9.17, 15) is 0 Å². The minimum absolute atomic E-state index is 0.772. The number of rotatable bonds is 5. The van der Waals surface area contributed by atoms with Crippen molar-refractivity contribution in [2.75, 3.05) is 31.6 Å². The van der Waals surface area contributed by atoms with Gasteiger partial charge in [-0.1, -0.05) is 0 Å². The zero-order valence-electron chi connectivity index (χ0n) is 10.7. The summed E-state index contributed by atoms with van der Waals surface area (Å²) in [6.45, 7) is 6.23. The molecule has 2 aliphatic rings. The third-order valence-corrected chi connectivity index (χ3v) is 4.66. The van der Waals surface area contributed by atoms with Crippen molar-refractivity contribution >= 4 is 11.8 Å². The molecule has 2 rings (SSSR count). The van der Waals surface area contributed by atoms with Crippen molar-refractivity contribution in [1.29, 1.82) is 0 Å². The number of nitrogens with zero attached hydrogens (tertiary/aromatic N) is 1. The van der Waals surface area contributed by atoms with Gasteiger partial charge in [0.05, 0.1) is 0 Å². The van der Waals surface area contributed by atoms with Gasteiger partial charge >= 0.3 is 0 Å². The second-order valence-corrected chi connectivity index (χ2v) is 6.36. The summed E-state index contributed by atoms with van der Waals surface area (Å²) in [6.07, 6.45) is 7.81. The zero-order chi connectivity index (χ0) is 11.4. The van der Waals surface area contributed by atoms with Crippen molar-refractivity contribution in [3.8, 4) is 0 Å². The summed E-state index contributed by atoms with van der Waals surface area (Å²) in [4.78, 5) is 2.72. The van der Waals surface area contributed by atoms with E-state index in [1.165, 1.54) is 51.1 Å². The van der Waals surface area contributed by atoms with Crippen LogP contribution in [0.5, 0.6) is 0 Å². The lowest BCUT2D eigenvalue weighted by Gasteiger charge is -2.30. The quantitative estimate of drug-likeness (QED) is 0.796. The molecular formula is C13H26N2S. The van der Waals surface area contributed by atoms with Gasteiger partial charge in [-0.15, -0.1) is 0 Å². The number of thioether (sulfide) groups is 1. The SMILES string of the molecule is CSCCC(C)N1CCCNC(C2CC2)C1. The van der Waals surface area contributed by atoms with Crippen LogP contribution in [-0.2, 0) is 0 Å². The predicted octanol–water partition coefficient (Wildman–Crippen LogP) is 2.20. The number of hydrogen-bond acceptors (Lipinski definition) is 3. The minimum atomic E-state index is 0.772. The molecule has 3 heteroatoms. The maximum atomic E-state index is 3.74. The maximum absolute atomic E-state index is 3.74. The molecule has 1 saturated heterocycles. The fraction of sp³-hybridized carbons (Fsp3) is 1.00. The van der Waals surface area contributed by atoms with Crippen LogP contribution in [0.2, 0.25) is 0 Å². The monoisotopic (exact) mass is 242 g/mol. The third-order valence-electron chi connectivity index (χ3n) is 4.01. The molecule has 0 bridgehead atoms. The van der Waals surface area contributed by atoms with E-state index in [1.807, 2.05) is 11.8 Å². The highest BCUT2D eigenvalue weighted by Crippen LogP contribution is 2.33. The Labute approximate surface area is 105 Å². The average molecular weight is 242 g/mol. The van der Waals surface area contributed by atoms with Gasteiger partial charge in [0.15, 0.2) is 0 Å². The Balaban J connectivity index is 1.81. The van der Waals surface area contributed by atoms with Gasteiger partial charge in [-0.25, -0.2) is 0 Å². The first-order valence-electron chi connectivity index (χ1n) is 6.77. The fourth-order valence-electron chi connectivity index (χ4n) is 2.66. The van der Waals surface area contributed by atoms with E-state index in [-0.39, 0.29) is 0 Å². The molecule has 0 aromatic rings. The molecule has 2 nitrogen and oxygen atoms in total. The van der Waals surface area contributed by atoms with Crippen LogP contribution < -0.4 is 5.32 Å². The summed E-state index contributed by atoms with van der Waals surface area (Å²) in [5.74, 6) is 2.30. The van der Waals surface area contributed by atoms with Crippen molar-refractivity contribution in [3.05, 3.63) is 0 Å². The Morgan fingerprint density at radius 1 is 1.44 bits per heavy atom. The molecule has 94 valence electrons. The van der Waals surface area contributed by atoms with E-state index in [0.717, 1.165) is 18.0 Å². The van der Waals surface area contributed by atoms with E-state index >= 15 is 0 Å². The second-order valence-electron chi connectivity index (χ2n) is 5.38. The molecule has 0 aromatic carbocycles. The molecule has 2 unspecified atom stereocenters. The number of hydrogen-bond donors (Lipinski definition) is 1. The summed E-state index contributed by atoms with van der Waals surface area (Å²) >= 11 is 1.98. The highest BCUT2D eigenvalue weighted by atomic mass is 32.2. The molecule has 0 radical (unpaired) electrons. The largest absolute Gasteiger partial charge is 0.312 e. The zero-order valence-corrected chi connectivity index (χ0v) is 11.6. The van der Waals surface area contributed by atoms with Crippen LogP contribution >= 0.6 is 11.8 Å². The van der Waals surface area contributed by atoms with Crippen molar-refractivity contribution in [1.82, 2.24) is 10.2 Å². The normalized spacial score (nSPS) is 30.0. The molecule has 0 aromatic heterocycles. The standard InChI is InChI=1S/C13H26N2S/c1-11(6-9-16-2)15-8-3-7-14-13(10-15)12-4-5-12/h11-14H,3-10H2,1-2H3. The lowest BCUT2D eigenvalue weighted by atomic mass is 10.1. The summed E-state index contributed by atoms with van der Waals surface area (Å²) in [5, 5.41) is 3.74. The van der Waals surface area contributed by atoms with E-state index in [1.54, 1.807) is 0 Å². The Hall–Kier alpha value is 0.270. The van der Waals surface area contributed by atoms with Crippen LogP contribution in [0.3, 0.4) is 0 Å². The Kier molecular flexibility index (Phi) is 4.98. The van der Waals surface area contributed by atoms with Crippen LogP contribution in [0, 0.1) is 5.92 Å². The van der Waals surface area contributed by atoms with Crippen LogP contribution in [0.4, 0.5) is 0 Å². The van der Waals surface area contributed by atoms with Gasteiger partial charge in [0.1, 0.15) is 0 Å². The first-order valence-corrected chi connectivity index (χ1v) is 8.17. The van der Waals surface area contributed by atoms with E-state index in [4.69, 9.17) is 0 Å². The molecule has 1 aliphatic heterocycles. The van der Waals surface area contributed by atoms with Crippen molar-refractivity contribution < 1.29 is 0 Å². The molecule has 1 N–H and O–H groups in total. The summed E-state index contributed by atoms with van der Waals surface area (Å²) in [7, 11) is 0.